The van der Waals surface area contributed by atoms with Crippen LogP contribution in [0.4, 0.5) is 0 Å². The molecule has 0 aromatic heterocycles. The van der Waals surface area contributed by atoms with Gasteiger partial charge in [0.15, 0.2) is 0 Å². The largest absolute Gasteiger partial charge is 0.497 e. The number of benzene rings is 3. The Kier molecular flexibility index (Phi) is 11.1. The Hall–Kier alpha value is -3.25. The summed E-state index contributed by atoms with van der Waals surface area (Å²) >= 11 is 1.57. The fourth-order valence-corrected chi connectivity index (χ4v) is 4.84. The number of ether oxygens (including phenoxy) is 1. The topological polar surface area (TPSA) is 58.6 Å². The molecule has 1 N–H and O–H groups in total. The van der Waals surface area contributed by atoms with E-state index in [-0.39, 0.29) is 11.8 Å². The van der Waals surface area contributed by atoms with Crippen molar-refractivity contribution in [1.29, 1.82) is 0 Å². The number of hydrogen-bond acceptors (Lipinski definition) is 4. The minimum Gasteiger partial charge on any atom is -0.497 e. The number of thioether (sulfide) groups is 1. The lowest BCUT2D eigenvalue weighted by atomic mass is 10.0. The highest BCUT2D eigenvalue weighted by molar-refractivity contribution is 7.99. The number of rotatable bonds is 13. The van der Waals surface area contributed by atoms with Crippen molar-refractivity contribution in [2.75, 3.05) is 19.4 Å². The van der Waals surface area contributed by atoms with E-state index in [4.69, 9.17) is 4.74 Å². The third kappa shape index (κ3) is 9.29. The molecule has 0 fully saturated rings. The normalized spacial score (nSPS) is 11.7. The highest BCUT2D eigenvalue weighted by Crippen LogP contribution is 2.21. The third-order valence-electron chi connectivity index (χ3n) is 6.06. The minimum atomic E-state index is -0.625. The molecule has 37 heavy (non-hydrogen) atoms. The summed E-state index contributed by atoms with van der Waals surface area (Å²) < 4.78 is 5.40. The van der Waals surface area contributed by atoms with E-state index in [1.165, 1.54) is 11.1 Å². The first-order valence-corrected chi connectivity index (χ1v) is 13.9. The van der Waals surface area contributed by atoms with E-state index in [0.29, 0.717) is 31.2 Å². The summed E-state index contributed by atoms with van der Waals surface area (Å²) in [4.78, 5) is 29.0. The summed E-state index contributed by atoms with van der Waals surface area (Å²) in [5, 5.41) is 3.07. The van der Waals surface area contributed by atoms with Crippen LogP contribution in [0, 0.1) is 12.8 Å². The van der Waals surface area contributed by atoms with Gasteiger partial charge in [-0.15, -0.1) is 11.8 Å². The van der Waals surface area contributed by atoms with Gasteiger partial charge in [-0.25, -0.2) is 0 Å². The molecule has 0 radical (unpaired) electrons. The second-order valence-corrected chi connectivity index (χ2v) is 10.7. The molecule has 5 nitrogen and oxygen atoms in total. The van der Waals surface area contributed by atoms with Crippen molar-refractivity contribution in [3.05, 3.63) is 101 Å². The van der Waals surface area contributed by atoms with Gasteiger partial charge >= 0.3 is 0 Å². The lowest BCUT2D eigenvalue weighted by molar-refractivity contribution is -0.139. The van der Waals surface area contributed by atoms with Gasteiger partial charge < -0.3 is 15.0 Å². The van der Waals surface area contributed by atoms with Crippen LogP contribution >= 0.6 is 11.8 Å². The van der Waals surface area contributed by atoms with E-state index in [2.05, 4.69) is 50.4 Å². The average molecular weight is 519 g/mol. The summed E-state index contributed by atoms with van der Waals surface area (Å²) in [7, 11) is 1.63. The number of amides is 2. The van der Waals surface area contributed by atoms with Gasteiger partial charge in [0.2, 0.25) is 11.8 Å². The molecule has 1 atom stereocenters. The van der Waals surface area contributed by atoms with Crippen molar-refractivity contribution >= 4 is 23.6 Å². The summed E-state index contributed by atoms with van der Waals surface area (Å²) in [5.41, 5.74) is 4.33. The monoisotopic (exact) mass is 518 g/mol. The molecule has 0 saturated heterocycles. The minimum absolute atomic E-state index is 0.0550. The predicted octanol–water partition coefficient (Wildman–Crippen LogP) is 5.65. The SMILES string of the molecule is COc1cccc(CN(C(=O)CSCc2ccc(C)cc2)[C@H](Cc2ccccc2)C(=O)NCC(C)C)c1. The van der Waals surface area contributed by atoms with E-state index in [1.807, 2.05) is 54.6 Å². The Morgan fingerprint density at radius 3 is 2.30 bits per heavy atom. The fraction of sp³-hybridized carbons (Fsp3) is 0.355. The molecule has 0 unspecified atom stereocenters. The summed E-state index contributed by atoms with van der Waals surface area (Å²) in [6.07, 6.45) is 0.448. The van der Waals surface area contributed by atoms with Gasteiger partial charge in [0, 0.05) is 25.3 Å². The summed E-state index contributed by atoms with van der Waals surface area (Å²) in [5.74, 6) is 1.89. The zero-order valence-electron chi connectivity index (χ0n) is 22.3. The maximum absolute atomic E-state index is 13.7. The van der Waals surface area contributed by atoms with Crippen molar-refractivity contribution in [3.8, 4) is 5.75 Å². The van der Waals surface area contributed by atoms with Gasteiger partial charge in [-0.05, 0) is 41.7 Å². The third-order valence-corrected chi connectivity index (χ3v) is 7.05. The molecule has 3 aromatic rings. The van der Waals surface area contributed by atoms with E-state index >= 15 is 0 Å². The molecule has 0 aliphatic heterocycles. The number of nitrogens with one attached hydrogen (secondary N) is 1. The maximum atomic E-state index is 13.7. The van der Waals surface area contributed by atoms with E-state index in [1.54, 1.807) is 23.8 Å². The number of hydrogen-bond donors (Lipinski definition) is 1. The molecule has 3 aromatic carbocycles. The number of nitrogens with zero attached hydrogens (tertiary/aromatic N) is 1. The van der Waals surface area contributed by atoms with Crippen molar-refractivity contribution in [2.24, 2.45) is 5.92 Å². The van der Waals surface area contributed by atoms with Crippen molar-refractivity contribution in [3.63, 3.8) is 0 Å². The van der Waals surface area contributed by atoms with Crippen LogP contribution in [0.5, 0.6) is 5.75 Å². The zero-order valence-corrected chi connectivity index (χ0v) is 23.1. The average Bonchev–Trinajstić information content (AvgIpc) is 2.91. The Balaban J connectivity index is 1.85. The van der Waals surface area contributed by atoms with Crippen LogP contribution in [-0.2, 0) is 28.3 Å². The van der Waals surface area contributed by atoms with E-state index < -0.39 is 6.04 Å². The molecule has 0 aliphatic carbocycles. The van der Waals surface area contributed by atoms with Crippen LogP contribution in [0.2, 0.25) is 0 Å². The van der Waals surface area contributed by atoms with Gasteiger partial charge in [0.05, 0.1) is 12.9 Å². The Bertz CT molecular complexity index is 1130. The predicted molar refractivity (Wildman–Crippen MR) is 153 cm³/mol. The first-order chi connectivity index (χ1) is 17.9. The maximum Gasteiger partial charge on any atom is 0.243 e. The van der Waals surface area contributed by atoms with Gasteiger partial charge in [-0.2, -0.15) is 0 Å². The highest BCUT2D eigenvalue weighted by Gasteiger charge is 2.30. The molecule has 0 spiro atoms. The van der Waals surface area contributed by atoms with Crippen LogP contribution in [0.3, 0.4) is 0 Å². The first kappa shape index (κ1) is 28.3. The molecule has 0 aliphatic rings. The molecule has 196 valence electrons. The Morgan fingerprint density at radius 2 is 1.62 bits per heavy atom. The van der Waals surface area contributed by atoms with Gasteiger partial charge in [-0.1, -0.05) is 86.1 Å². The standard InChI is InChI=1S/C31H38N2O3S/c1-23(2)19-32-31(35)29(18-25-9-6-5-7-10-25)33(20-27-11-8-12-28(17-27)36-4)30(34)22-37-21-26-15-13-24(3)14-16-26/h5-17,23,29H,18-22H2,1-4H3,(H,32,35)/t29-/m1/s1. The van der Waals surface area contributed by atoms with Crippen LogP contribution in [-0.4, -0.2) is 42.2 Å². The molecule has 3 rings (SSSR count). The van der Waals surface area contributed by atoms with Crippen LogP contribution in [0.1, 0.15) is 36.1 Å². The number of methoxy groups -OCH3 is 1. The molecule has 0 bridgehead atoms. The van der Waals surface area contributed by atoms with Crippen LogP contribution in [0.25, 0.3) is 0 Å². The van der Waals surface area contributed by atoms with Crippen LogP contribution < -0.4 is 10.1 Å². The molecule has 0 heterocycles. The van der Waals surface area contributed by atoms with Gasteiger partial charge in [0.25, 0.3) is 0 Å². The van der Waals surface area contributed by atoms with E-state index in [0.717, 1.165) is 22.6 Å². The second kappa shape index (κ2) is 14.5. The lowest BCUT2D eigenvalue weighted by Gasteiger charge is -2.32. The number of aryl methyl sites for hydroxylation is 1. The summed E-state index contributed by atoms with van der Waals surface area (Å²) in [6.45, 7) is 7.08. The molecule has 6 heteroatoms. The first-order valence-electron chi connectivity index (χ1n) is 12.7. The molecular weight excluding hydrogens is 480 g/mol. The molecular formula is C31H38N2O3S. The van der Waals surface area contributed by atoms with Gasteiger partial charge in [0.1, 0.15) is 11.8 Å². The quantitative estimate of drug-likeness (QED) is 0.318. The van der Waals surface area contributed by atoms with Crippen molar-refractivity contribution in [1.82, 2.24) is 10.2 Å². The Morgan fingerprint density at radius 1 is 0.919 bits per heavy atom. The van der Waals surface area contributed by atoms with Crippen molar-refractivity contribution in [2.45, 2.75) is 45.5 Å². The fourth-order valence-electron chi connectivity index (χ4n) is 3.97. The Labute approximate surface area is 225 Å². The summed E-state index contributed by atoms with van der Waals surface area (Å²) in [6, 6.07) is 25.3. The van der Waals surface area contributed by atoms with Gasteiger partial charge in [-0.3, -0.25) is 9.59 Å². The van der Waals surface area contributed by atoms with Crippen LogP contribution in [0.15, 0.2) is 78.9 Å². The highest BCUT2D eigenvalue weighted by atomic mass is 32.2. The van der Waals surface area contributed by atoms with Crippen molar-refractivity contribution < 1.29 is 14.3 Å². The lowest BCUT2D eigenvalue weighted by Crippen LogP contribution is -2.51. The zero-order chi connectivity index (χ0) is 26.6. The molecule has 2 amide bonds. The second-order valence-electron chi connectivity index (χ2n) is 9.70. The van der Waals surface area contributed by atoms with E-state index in [9.17, 15) is 9.59 Å². The molecule has 0 saturated carbocycles. The number of carbonyl (C=O) groups excluding carboxylic acids is 2. The number of carbonyl (C=O) groups is 2. The smallest absolute Gasteiger partial charge is 0.243 e.